The number of carboxylic acid groups (broad SMARTS) is 1. The van der Waals surface area contributed by atoms with Crippen molar-refractivity contribution >= 4 is 5.97 Å². The Kier molecular flexibility index (Phi) is 8.84. The van der Waals surface area contributed by atoms with Crippen LogP contribution in [0.15, 0.2) is 42.5 Å². The zero-order valence-electron chi connectivity index (χ0n) is 20.4. The van der Waals surface area contributed by atoms with Crippen molar-refractivity contribution in [3.05, 3.63) is 70.3 Å². The molecule has 0 amide bonds. The number of rotatable bonds is 12. The van der Waals surface area contributed by atoms with Crippen LogP contribution in [0.25, 0.3) is 0 Å². The minimum absolute atomic E-state index is 0.0116. The molecule has 0 radical (unpaired) electrons. The second-order valence-corrected chi connectivity index (χ2v) is 10.1. The van der Waals surface area contributed by atoms with E-state index < -0.39 is 12.1 Å². The maximum absolute atomic E-state index is 11.0. The lowest BCUT2D eigenvalue weighted by molar-refractivity contribution is -0.136. The van der Waals surface area contributed by atoms with Crippen LogP contribution in [0.2, 0.25) is 0 Å². The van der Waals surface area contributed by atoms with Gasteiger partial charge in [0.1, 0.15) is 0 Å². The zero-order valence-corrected chi connectivity index (χ0v) is 20.4. The molecule has 2 aromatic rings. The molecule has 0 aromatic heterocycles. The second kappa shape index (κ2) is 11.6. The number of fused-ring (bicyclic) bond motifs is 1. The molecule has 0 unspecified atom stereocenters. The first kappa shape index (κ1) is 25.9. The summed E-state index contributed by atoms with van der Waals surface area (Å²) in [7, 11) is 0. The molecule has 6 nitrogen and oxygen atoms in total. The molecule has 0 heterocycles. The number of aryl methyl sites for hydroxylation is 1. The van der Waals surface area contributed by atoms with E-state index in [9.17, 15) is 9.90 Å². The van der Waals surface area contributed by atoms with Crippen molar-refractivity contribution in [3.63, 3.8) is 0 Å². The molecule has 3 rings (SSSR count). The minimum atomic E-state index is -0.882. The van der Waals surface area contributed by atoms with Gasteiger partial charge in [-0.05, 0) is 86.8 Å². The van der Waals surface area contributed by atoms with Crippen molar-refractivity contribution in [1.29, 1.82) is 5.26 Å². The van der Waals surface area contributed by atoms with E-state index >= 15 is 0 Å². The van der Waals surface area contributed by atoms with Gasteiger partial charge < -0.3 is 20.3 Å². The molecule has 2 aromatic carbocycles. The number of aliphatic hydroxyl groups is 1. The average Bonchev–Trinajstić information content (AvgIpc) is 3.21. The van der Waals surface area contributed by atoms with E-state index in [0.717, 1.165) is 30.4 Å². The zero-order chi connectivity index (χ0) is 24.7. The van der Waals surface area contributed by atoms with Crippen LogP contribution in [0.1, 0.15) is 67.5 Å². The van der Waals surface area contributed by atoms with Crippen molar-refractivity contribution in [2.24, 2.45) is 5.92 Å². The van der Waals surface area contributed by atoms with Crippen molar-refractivity contribution in [2.75, 3.05) is 13.2 Å². The number of carbonyl (C=O) groups is 1. The Hall–Kier alpha value is -2.72. The molecule has 3 N–H and O–H groups in total. The molecule has 0 aliphatic heterocycles. The highest BCUT2D eigenvalue weighted by atomic mass is 16.5. The fraction of sp³-hybridized carbons (Fsp3) is 0.500. The summed E-state index contributed by atoms with van der Waals surface area (Å²) in [4.78, 5) is 11.0. The van der Waals surface area contributed by atoms with E-state index in [1.54, 1.807) is 12.1 Å². The highest BCUT2D eigenvalue weighted by Gasteiger charge is 2.28. The molecule has 34 heavy (non-hydrogen) atoms. The van der Waals surface area contributed by atoms with Crippen LogP contribution in [0.4, 0.5) is 0 Å². The molecule has 0 saturated heterocycles. The van der Waals surface area contributed by atoms with Crippen LogP contribution < -0.4 is 5.32 Å². The molecule has 0 fully saturated rings. The van der Waals surface area contributed by atoms with Crippen LogP contribution >= 0.6 is 0 Å². The topological polar surface area (TPSA) is 103 Å². The van der Waals surface area contributed by atoms with Gasteiger partial charge in [-0.15, -0.1) is 0 Å². The van der Waals surface area contributed by atoms with E-state index in [2.05, 4.69) is 49.5 Å². The summed E-state index contributed by atoms with van der Waals surface area (Å²) in [6.07, 6.45) is 2.58. The molecule has 182 valence electrons. The first-order valence-electron chi connectivity index (χ1n) is 12.0. The summed E-state index contributed by atoms with van der Waals surface area (Å²) >= 11 is 0. The highest BCUT2D eigenvalue weighted by molar-refractivity contribution is 5.67. The van der Waals surface area contributed by atoms with Crippen molar-refractivity contribution < 1.29 is 19.7 Å². The normalized spacial score (nSPS) is 15.5. The number of hydrogen-bond donors (Lipinski definition) is 3. The summed E-state index contributed by atoms with van der Waals surface area (Å²) in [5.41, 5.74) is 4.94. The Bertz CT molecular complexity index is 1000. The Morgan fingerprint density at radius 2 is 1.91 bits per heavy atom. The van der Waals surface area contributed by atoms with Crippen LogP contribution in [-0.2, 0) is 28.8 Å². The van der Waals surface area contributed by atoms with Gasteiger partial charge in [-0.25, -0.2) is 0 Å². The molecular formula is C28H36N2O4. The molecule has 1 aliphatic carbocycles. The SMILES string of the molecule is C[C@@H](OC[C@H](O)CNC(C)(C)CC1Cc2ccccc2C1)c1ccc(C#N)cc1CCC(=O)O. The summed E-state index contributed by atoms with van der Waals surface area (Å²) in [6, 6.07) is 16.0. The summed E-state index contributed by atoms with van der Waals surface area (Å²) in [5, 5.41) is 32.2. The fourth-order valence-corrected chi connectivity index (χ4v) is 4.92. The molecule has 0 spiro atoms. The average molecular weight is 465 g/mol. The summed E-state index contributed by atoms with van der Waals surface area (Å²) in [6.45, 7) is 6.83. The van der Waals surface area contributed by atoms with E-state index in [4.69, 9.17) is 15.1 Å². The minimum Gasteiger partial charge on any atom is -0.481 e. The van der Waals surface area contributed by atoms with Crippen LogP contribution in [0.5, 0.6) is 0 Å². The number of carboxylic acids is 1. The van der Waals surface area contributed by atoms with Gasteiger partial charge in [0.15, 0.2) is 0 Å². The number of aliphatic carboxylic acids is 1. The number of nitrogens with one attached hydrogen (secondary N) is 1. The van der Waals surface area contributed by atoms with Gasteiger partial charge in [-0.1, -0.05) is 30.3 Å². The Morgan fingerprint density at radius 1 is 1.24 bits per heavy atom. The smallest absolute Gasteiger partial charge is 0.303 e. The molecular weight excluding hydrogens is 428 g/mol. The first-order chi connectivity index (χ1) is 16.2. The Labute approximate surface area is 202 Å². The van der Waals surface area contributed by atoms with Crippen LogP contribution in [0, 0.1) is 17.2 Å². The van der Waals surface area contributed by atoms with Crippen molar-refractivity contribution in [1.82, 2.24) is 5.32 Å². The molecule has 0 saturated carbocycles. The number of ether oxygens (including phenoxy) is 1. The van der Waals surface area contributed by atoms with Gasteiger partial charge in [-0.2, -0.15) is 5.26 Å². The lowest BCUT2D eigenvalue weighted by atomic mass is 9.88. The number of nitrogens with zero attached hydrogens (tertiary/aromatic N) is 1. The number of β-amino-alcohol motifs (C(OH)–C–C–N with tert-alkyl or cyclic N) is 1. The first-order valence-corrected chi connectivity index (χ1v) is 12.0. The fourth-order valence-electron chi connectivity index (χ4n) is 4.92. The van der Waals surface area contributed by atoms with Gasteiger partial charge in [0.25, 0.3) is 0 Å². The number of aliphatic hydroxyl groups excluding tert-OH is 1. The molecule has 1 aliphatic rings. The van der Waals surface area contributed by atoms with E-state index in [1.165, 1.54) is 11.1 Å². The van der Waals surface area contributed by atoms with Gasteiger partial charge in [-0.3, -0.25) is 4.79 Å². The van der Waals surface area contributed by atoms with Gasteiger partial charge in [0.2, 0.25) is 0 Å². The molecule has 0 bridgehead atoms. The standard InChI is InChI=1S/C28H36N2O4/c1-19(26-10-8-20(16-29)12-24(26)9-11-27(32)33)34-18-25(31)17-30-28(2,3)15-21-13-22-6-4-5-7-23(22)14-21/h4-8,10,12,19,21,25,30-31H,9,11,13-15,17-18H2,1-3H3,(H,32,33)/t19-,25-/m1/s1. The third-order valence-electron chi connectivity index (χ3n) is 6.61. The maximum atomic E-state index is 11.0. The lowest BCUT2D eigenvalue weighted by Crippen LogP contribution is -2.45. The quantitative estimate of drug-likeness (QED) is 0.435. The van der Waals surface area contributed by atoms with E-state index in [-0.39, 0.29) is 24.7 Å². The Morgan fingerprint density at radius 3 is 2.53 bits per heavy atom. The van der Waals surface area contributed by atoms with Crippen molar-refractivity contribution in [2.45, 2.75) is 70.6 Å². The van der Waals surface area contributed by atoms with E-state index in [0.29, 0.717) is 24.4 Å². The number of benzene rings is 2. The van der Waals surface area contributed by atoms with Crippen molar-refractivity contribution in [3.8, 4) is 6.07 Å². The number of nitriles is 1. The highest BCUT2D eigenvalue weighted by Crippen LogP contribution is 2.32. The monoisotopic (exact) mass is 464 g/mol. The van der Waals surface area contributed by atoms with Crippen LogP contribution in [-0.4, -0.2) is 41.0 Å². The lowest BCUT2D eigenvalue weighted by Gasteiger charge is -2.31. The predicted molar refractivity (Wildman–Crippen MR) is 132 cm³/mol. The number of hydrogen-bond acceptors (Lipinski definition) is 5. The van der Waals surface area contributed by atoms with Crippen LogP contribution in [0.3, 0.4) is 0 Å². The third-order valence-corrected chi connectivity index (χ3v) is 6.61. The predicted octanol–water partition coefficient (Wildman–Crippen LogP) is 4.19. The third kappa shape index (κ3) is 7.39. The van der Waals surface area contributed by atoms with Gasteiger partial charge in [0, 0.05) is 18.5 Å². The summed E-state index contributed by atoms with van der Waals surface area (Å²) in [5.74, 6) is -0.276. The Balaban J connectivity index is 1.47. The maximum Gasteiger partial charge on any atom is 0.303 e. The molecule has 2 atom stereocenters. The van der Waals surface area contributed by atoms with E-state index in [1.807, 2.05) is 13.0 Å². The summed E-state index contributed by atoms with van der Waals surface area (Å²) < 4.78 is 5.93. The largest absolute Gasteiger partial charge is 0.481 e. The molecule has 6 heteroatoms. The second-order valence-electron chi connectivity index (χ2n) is 10.1. The van der Waals surface area contributed by atoms with Gasteiger partial charge >= 0.3 is 5.97 Å². The van der Waals surface area contributed by atoms with Gasteiger partial charge in [0.05, 0.1) is 30.4 Å².